The summed E-state index contributed by atoms with van der Waals surface area (Å²) >= 11 is 6.11. The summed E-state index contributed by atoms with van der Waals surface area (Å²) in [5.41, 5.74) is 9.01. The summed E-state index contributed by atoms with van der Waals surface area (Å²) in [5.74, 6) is -0.275. The van der Waals surface area contributed by atoms with Gasteiger partial charge < -0.3 is 5.73 Å². The first kappa shape index (κ1) is 20.5. The van der Waals surface area contributed by atoms with E-state index in [1.54, 1.807) is 12.1 Å². The lowest BCUT2D eigenvalue weighted by Crippen LogP contribution is -2.42. The summed E-state index contributed by atoms with van der Waals surface area (Å²) in [6.07, 6.45) is -0.588. The average Bonchev–Trinajstić information content (AvgIpc) is 2.73. The maximum Gasteiger partial charge on any atom is 0.128 e. The van der Waals surface area contributed by atoms with Crippen LogP contribution in [0.1, 0.15) is 42.0 Å². The molecule has 5 heteroatoms. The summed E-state index contributed by atoms with van der Waals surface area (Å²) in [6.45, 7) is 1.96. The number of halogens is 2. The van der Waals surface area contributed by atoms with Gasteiger partial charge in [0.2, 0.25) is 0 Å². The van der Waals surface area contributed by atoms with E-state index in [0.717, 1.165) is 11.1 Å². The Hall–Kier alpha value is -2.24. The largest absolute Gasteiger partial charge is 0.312 e. The second-order valence-corrected chi connectivity index (χ2v) is 7.31. The van der Waals surface area contributed by atoms with Crippen LogP contribution in [0, 0.1) is 5.82 Å². The highest BCUT2D eigenvalue weighted by molar-refractivity contribution is 6.30. The average molecular weight is 398 g/mol. The summed E-state index contributed by atoms with van der Waals surface area (Å²) in [5, 5.41) is 4.00. The lowest BCUT2D eigenvalue weighted by molar-refractivity contribution is 0.140. The topological polar surface area (TPSA) is 41.3 Å². The van der Waals surface area contributed by atoms with E-state index >= 15 is 0 Å². The highest BCUT2D eigenvalue weighted by atomic mass is 35.5. The van der Waals surface area contributed by atoms with Crippen LogP contribution >= 0.6 is 11.6 Å². The molecule has 3 N–H and O–H groups in total. The number of rotatable bonds is 7. The van der Waals surface area contributed by atoms with Crippen LogP contribution in [0.15, 0.2) is 78.9 Å². The first-order valence-electron chi connectivity index (χ1n) is 9.26. The smallest absolute Gasteiger partial charge is 0.128 e. The van der Waals surface area contributed by atoms with E-state index in [9.17, 15) is 4.39 Å². The number of hydrogen-bond donors (Lipinski definition) is 2. The molecule has 0 fully saturated rings. The van der Waals surface area contributed by atoms with Gasteiger partial charge in [0.1, 0.15) is 5.82 Å². The van der Waals surface area contributed by atoms with E-state index in [1.807, 2.05) is 74.6 Å². The number of nitrogens with two attached hydrogens (primary N) is 1. The van der Waals surface area contributed by atoms with Gasteiger partial charge in [0.15, 0.2) is 0 Å². The van der Waals surface area contributed by atoms with Crippen LogP contribution < -0.4 is 11.1 Å². The molecule has 28 heavy (non-hydrogen) atoms. The van der Waals surface area contributed by atoms with Crippen molar-refractivity contribution in [3.63, 3.8) is 0 Å². The highest BCUT2D eigenvalue weighted by Gasteiger charge is 2.26. The van der Waals surface area contributed by atoms with Crippen LogP contribution in [0.5, 0.6) is 0 Å². The predicted octanol–water partition coefficient (Wildman–Crippen LogP) is 5.42. The molecule has 0 saturated heterocycles. The molecule has 3 nitrogen and oxygen atoms in total. The van der Waals surface area contributed by atoms with E-state index in [0.29, 0.717) is 10.6 Å². The molecule has 0 aliphatic rings. The molecule has 3 rings (SSSR count). The first-order valence-corrected chi connectivity index (χ1v) is 9.63. The van der Waals surface area contributed by atoms with Crippen molar-refractivity contribution in [2.24, 2.45) is 5.73 Å². The SMILES string of the molecule is CC(c1cc(Cl)ccc1F)N(C)C(NC(N)c1ccccc1)c1ccccc1. The standard InChI is InChI=1S/C23H25ClFN3/c1-16(20-15-19(24)13-14-21(20)25)28(2)23(18-11-7-4-8-12-18)27-22(26)17-9-5-3-6-10-17/h3-16,22-23,27H,26H2,1-2H3. The number of nitrogens with one attached hydrogen (secondary N) is 1. The molecular formula is C23H25ClFN3. The number of hydrogen-bond acceptors (Lipinski definition) is 3. The second-order valence-electron chi connectivity index (χ2n) is 6.88. The Balaban J connectivity index is 1.91. The molecule has 0 radical (unpaired) electrons. The lowest BCUT2D eigenvalue weighted by Gasteiger charge is -2.36. The van der Waals surface area contributed by atoms with Gasteiger partial charge in [-0.05, 0) is 43.3 Å². The molecule has 3 aromatic carbocycles. The van der Waals surface area contributed by atoms with Gasteiger partial charge in [0.05, 0.1) is 12.3 Å². The normalized spacial score (nSPS) is 14.6. The zero-order valence-corrected chi connectivity index (χ0v) is 16.8. The van der Waals surface area contributed by atoms with Crippen LogP contribution in [0.3, 0.4) is 0 Å². The van der Waals surface area contributed by atoms with Crippen LogP contribution in [0.2, 0.25) is 5.02 Å². The van der Waals surface area contributed by atoms with Crippen LogP contribution in [0.25, 0.3) is 0 Å². The van der Waals surface area contributed by atoms with E-state index < -0.39 is 0 Å². The third-order valence-electron chi connectivity index (χ3n) is 5.04. The van der Waals surface area contributed by atoms with Gasteiger partial charge in [0.25, 0.3) is 0 Å². The van der Waals surface area contributed by atoms with Crippen LogP contribution in [-0.2, 0) is 0 Å². The Kier molecular flexibility index (Phi) is 6.81. The van der Waals surface area contributed by atoms with Crippen LogP contribution in [-0.4, -0.2) is 11.9 Å². The number of benzene rings is 3. The fraction of sp³-hybridized carbons (Fsp3) is 0.217. The van der Waals surface area contributed by atoms with Crippen molar-refractivity contribution in [3.8, 4) is 0 Å². The van der Waals surface area contributed by atoms with Crippen molar-refractivity contribution in [1.82, 2.24) is 10.2 Å². The fourth-order valence-electron chi connectivity index (χ4n) is 3.29. The van der Waals surface area contributed by atoms with Crippen molar-refractivity contribution in [3.05, 3.63) is 106 Å². The van der Waals surface area contributed by atoms with Crippen molar-refractivity contribution in [2.75, 3.05) is 7.05 Å². The van der Waals surface area contributed by atoms with Gasteiger partial charge in [-0.15, -0.1) is 0 Å². The summed E-state index contributed by atoms with van der Waals surface area (Å²) < 4.78 is 14.4. The van der Waals surface area contributed by atoms with Crippen molar-refractivity contribution >= 4 is 11.6 Å². The first-order chi connectivity index (χ1) is 13.5. The molecule has 0 heterocycles. The van der Waals surface area contributed by atoms with Crippen molar-refractivity contribution < 1.29 is 4.39 Å². The van der Waals surface area contributed by atoms with Gasteiger partial charge in [-0.3, -0.25) is 10.2 Å². The summed E-state index contributed by atoms with van der Waals surface area (Å²) in [4.78, 5) is 2.06. The minimum absolute atomic E-state index is 0.218. The molecule has 0 amide bonds. The molecule has 0 spiro atoms. The summed E-state index contributed by atoms with van der Waals surface area (Å²) in [6, 6.07) is 24.3. The Bertz CT molecular complexity index is 889. The van der Waals surface area contributed by atoms with Gasteiger partial charge in [0, 0.05) is 16.6 Å². The third-order valence-corrected chi connectivity index (χ3v) is 5.27. The zero-order valence-electron chi connectivity index (χ0n) is 16.0. The monoisotopic (exact) mass is 397 g/mol. The van der Waals surface area contributed by atoms with E-state index in [1.165, 1.54) is 6.07 Å². The molecule has 3 atom stereocenters. The van der Waals surface area contributed by atoms with E-state index in [4.69, 9.17) is 17.3 Å². The minimum Gasteiger partial charge on any atom is -0.312 e. The third kappa shape index (κ3) is 4.78. The maximum atomic E-state index is 14.4. The van der Waals surface area contributed by atoms with Gasteiger partial charge >= 0.3 is 0 Å². The Morgan fingerprint density at radius 2 is 1.50 bits per heavy atom. The number of nitrogens with zero attached hydrogens (tertiary/aromatic N) is 1. The molecule has 3 unspecified atom stereocenters. The Labute approximate surface area is 170 Å². The quantitative estimate of drug-likeness (QED) is 0.523. The van der Waals surface area contributed by atoms with Gasteiger partial charge in [-0.1, -0.05) is 72.3 Å². The van der Waals surface area contributed by atoms with Crippen LogP contribution in [0.4, 0.5) is 4.39 Å². The molecule has 0 bridgehead atoms. The van der Waals surface area contributed by atoms with Crippen molar-refractivity contribution in [2.45, 2.75) is 25.3 Å². The van der Waals surface area contributed by atoms with E-state index in [2.05, 4.69) is 10.2 Å². The molecular weight excluding hydrogens is 373 g/mol. The van der Waals surface area contributed by atoms with Crippen molar-refractivity contribution in [1.29, 1.82) is 0 Å². The lowest BCUT2D eigenvalue weighted by atomic mass is 10.0. The molecule has 0 saturated carbocycles. The Morgan fingerprint density at radius 1 is 0.929 bits per heavy atom. The molecule has 0 aliphatic heterocycles. The zero-order chi connectivity index (χ0) is 20.1. The highest BCUT2D eigenvalue weighted by Crippen LogP contribution is 2.31. The second kappa shape index (κ2) is 9.30. The predicted molar refractivity (Wildman–Crippen MR) is 113 cm³/mol. The van der Waals surface area contributed by atoms with Gasteiger partial charge in [-0.25, -0.2) is 4.39 Å². The Morgan fingerprint density at radius 3 is 2.11 bits per heavy atom. The molecule has 3 aromatic rings. The summed E-state index contributed by atoms with van der Waals surface area (Å²) in [7, 11) is 1.95. The van der Waals surface area contributed by atoms with E-state index in [-0.39, 0.29) is 24.2 Å². The molecule has 146 valence electrons. The van der Waals surface area contributed by atoms with Gasteiger partial charge in [-0.2, -0.15) is 0 Å². The molecule has 0 aromatic heterocycles. The fourth-order valence-corrected chi connectivity index (χ4v) is 3.47. The molecule has 0 aliphatic carbocycles. The maximum absolute atomic E-state index is 14.4. The minimum atomic E-state index is -0.370.